The molecule has 0 radical (unpaired) electrons. The molecule has 1 N–H and O–H groups in total. The summed E-state index contributed by atoms with van der Waals surface area (Å²) in [4.78, 5) is 7.29. The smallest absolute Gasteiger partial charge is 0.194 e. The van der Waals surface area contributed by atoms with Crippen LogP contribution in [0.3, 0.4) is 0 Å². The van der Waals surface area contributed by atoms with Crippen LogP contribution in [0.4, 0.5) is 0 Å². The zero-order valence-electron chi connectivity index (χ0n) is 12.4. The van der Waals surface area contributed by atoms with Crippen molar-refractivity contribution < 1.29 is 0 Å². The first kappa shape index (κ1) is 13.5. The van der Waals surface area contributed by atoms with Gasteiger partial charge >= 0.3 is 0 Å². The van der Waals surface area contributed by atoms with Gasteiger partial charge in [-0.1, -0.05) is 36.8 Å². The Hall–Kier alpha value is -1.51. The van der Waals surface area contributed by atoms with E-state index in [0.29, 0.717) is 5.41 Å². The van der Waals surface area contributed by atoms with E-state index in [1.54, 1.807) is 0 Å². The molecule has 2 aliphatic rings. The number of likely N-dealkylation sites (tertiary alicyclic amines) is 1. The fraction of sp³-hybridized carbons (Fsp3) is 0.588. The highest BCUT2D eigenvalue weighted by Crippen LogP contribution is 2.47. The number of hydrogen-bond acceptors (Lipinski definition) is 1. The molecule has 0 aromatic heterocycles. The Labute approximate surface area is 122 Å². The number of nitrogens with zero attached hydrogens (tertiary/aromatic N) is 2. The summed E-state index contributed by atoms with van der Waals surface area (Å²) in [6.07, 6.45) is 5.61. The van der Waals surface area contributed by atoms with Crippen LogP contribution in [-0.2, 0) is 6.54 Å². The summed E-state index contributed by atoms with van der Waals surface area (Å²) in [5, 5.41) is 3.46. The molecule has 1 aliphatic heterocycles. The van der Waals surface area contributed by atoms with Crippen LogP contribution in [0, 0.1) is 5.41 Å². The first-order valence-corrected chi connectivity index (χ1v) is 7.89. The molecule has 1 aromatic carbocycles. The molecule has 3 nitrogen and oxygen atoms in total. The van der Waals surface area contributed by atoms with Crippen molar-refractivity contribution in [3.05, 3.63) is 35.9 Å². The molecule has 3 heteroatoms. The summed E-state index contributed by atoms with van der Waals surface area (Å²) < 4.78 is 0. The Balaban J connectivity index is 1.66. The average Bonchev–Trinajstić information content (AvgIpc) is 2.90. The molecular weight excluding hydrogens is 246 g/mol. The van der Waals surface area contributed by atoms with Crippen molar-refractivity contribution in [3.8, 4) is 0 Å². The van der Waals surface area contributed by atoms with Gasteiger partial charge in [-0.15, -0.1) is 0 Å². The Kier molecular flexibility index (Phi) is 3.95. The molecule has 1 saturated carbocycles. The fourth-order valence-corrected chi connectivity index (χ4v) is 3.38. The molecule has 3 rings (SSSR count). The first-order chi connectivity index (χ1) is 9.81. The zero-order valence-corrected chi connectivity index (χ0v) is 12.4. The molecule has 20 heavy (non-hydrogen) atoms. The third kappa shape index (κ3) is 2.82. The van der Waals surface area contributed by atoms with Crippen LogP contribution in [-0.4, -0.2) is 30.5 Å². The highest BCUT2D eigenvalue weighted by Gasteiger charge is 2.43. The van der Waals surface area contributed by atoms with Crippen LogP contribution >= 0.6 is 0 Å². The maximum Gasteiger partial charge on any atom is 0.194 e. The van der Waals surface area contributed by atoms with Crippen LogP contribution in [0.2, 0.25) is 0 Å². The molecule has 1 aliphatic carbocycles. The van der Waals surface area contributed by atoms with Crippen LogP contribution in [0.1, 0.15) is 38.2 Å². The van der Waals surface area contributed by atoms with Crippen molar-refractivity contribution in [1.82, 2.24) is 10.2 Å². The van der Waals surface area contributed by atoms with E-state index in [9.17, 15) is 0 Å². The predicted octanol–water partition coefficient (Wildman–Crippen LogP) is 3.03. The van der Waals surface area contributed by atoms with E-state index in [2.05, 4.69) is 47.5 Å². The van der Waals surface area contributed by atoms with Gasteiger partial charge in [0.05, 0.1) is 6.54 Å². The van der Waals surface area contributed by atoms with Crippen molar-refractivity contribution in [1.29, 1.82) is 0 Å². The maximum absolute atomic E-state index is 4.82. The monoisotopic (exact) mass is 271 g/mol. The first-order valence-electron chi connectivity index (χ1n) is 7.89. The molecule has 0 bridgehead atoms. The van der Waals surface area contributed by atoms with Gasteiger partial charge in [0.25, 0.3) is 0 Å². The third-order valence-corrected chi connectivity index (χ3v) is 4.74. The SMILES string of the molecule is CCNC(=NCc1ccccc1)N1CCC2(CCC2)C1. The summed E-state index contributed by atoms with van der Waals surface area (Å²) in [6, 6.07) is 10.5. The second kappa shape index (κ2) is 5.86. The minimum Gasteiger partial charge on any atom is -0.357 e. The van der Waals surface area contributed by atoms with E-state index in [-0.39, 0.29) is 0 Å². The molecule has 2 fully saturated rings. The van der Waals surface area contributed by atoms with Crippen LogP contribution in [0.25, 0.3) is 0 Å². The normalized spacial score (nSPS) is 21.1. The van der Waals surface area contributed by atoms with Crippen molar-refractivity contribution in [2.24, 2.45) is 10.4 Å². The summed E-state index contributed by atoms with van der Waals surface area (Å²) in [5.74, 6) is 1.10. The van der Waals surface area contributed by atoms with Gasteiger partial charge in [-0.3, -0.25) is 0 Å². The van der Waals surface area contributed by atoms with Gasteiger partial charge in [0, 0.05) is 19.6 Å². The Morgan fingerprint density at radius 2 is 2.05 bits per heavy atom. The minimum absolute atomic E-state index is 0.628. The Bertz CT molecular complexity index is 462. The fourth-order valence-electron chi connectivity index (χ4n) is 3.38. The van der Waals surface area contributed by atoms with E-state index in [1.807, 2.05) is 0 Å². The van der Waals surface area contributed by atoms with Gasteiger partial charge in [-0.2, -0.15) is 0 Å². The lowest BCUT2D eigenvalue weighted by Crippen LogP contribution is -2.42. The topological polar surface area (TPSA) is 27.6 Å². The van der Waals surface area contributed by atoms with Gasteiger partial charge in [0.15, 0.2) is 5.96 Å². The van der Waals surface area contributed by atoms with E-state index >= 15 is 0 Å². The van der Waals surface area contributed by atoms with E-state index in [0.717, 1.165) is 19.0 Å². The second-order valence-electron chi connectivity index (χ2n) is 6.18. The second-order valence-corrected chi connectivity index (χ2v) is 6.18. The molecule has 1 saturated heterocycles. The number of benzene rings is 1. The van der Waals surface area contributed by atoms with Gasteiger partial charge < -0.3 is 10.2 Å². The minimum atomic E-state index is 0.628. The molecule has 0 amide bonds. The van der Waals surface area contributed by atoms with E-state index in [4.69, 9.17) is 4.99 Å². The van der Waals surface area contributed by atoms with Crippen molar-refractivity contribution in [2.75, 3.05) is 19.6 Å². The lowest BCUT2D eigenvalue weighted by molar-refractivity contribution is 0.151. The largest absolute Gasteiger partial charge is 0.357 e. The number of rotatable bonds is 3. The number of aliphatic imine (C=N–C) groups is 1. The summed E-state index contributed by atoms with van der Waals surface area (Å²) >= 11 is 0. The lowest BCUT2D eigenvalue weighted by Gasteiger charge is -2.38. The number of nitrogens with one attached hydrogen (secondary N) is 1. The van der Waals surface area contributed by atoms with Crippen LogP contribution < -0.4 is 5.32 Å². The van der Waals surface area contributed by atoms with Gasteiger partial charge in [0.1, 0.15) is 0 Å². The molecule has 1 spiro atoms. The molecule has 1 heterocycles. The third-order valence-electron chi connectivity index (χ3n) is 4.74. The van der Waals surface area contributed by atoms with Gasteiger partial charge in [0.2, 0.25) is 0 Å². The highest BCUT2D eigenvalue weighted by molar-refractivity contribution is 5.80. The highest BCUT2D eigenvalue weighted by atomic mass is 15.3. The molecule has 1 aromatic rings. The average molecular weight is 271 g/mol. The van der Waals surface area contributed by atoms with E-state index in [1.165, 1.54) is 44.3 Å². The van der Waals surface area contributed by atoms with Crippen molar-refractivity contribution in [3.63, 3.8) is 0 Å². The Morgan fingerprint density at radius 3 is 2.65 bits per heavy atom. The van der Waals surface area contributed by atoms with Crippen molar-refractivity contribution >= 4 is 5.96 Å². The predicted molar refractivity (Wildman–Crippen MR) is 83.7 cm³/mol. The van der Waals surface area contributed by atoms with Crippen molar-refractivity contribution in [2.45, 2.75) is 39.2 Å². The standard InChI is InChI=1S/C17H25N3/c1-2-18-16(19-13-15-7-4-3-5-8-15)20-12-11-17(14-20)9-6-10-17/h3-5,7-8H,2,6,9-14H2,1H3,(H,18,19). The summed E-state index contributed by atoms with van der Waals surface area (Å²) in [6.45, 7) is 6.23. The summed E-state index contributed by atoms with van der Waals surface area (Å²) in [5.41, 5.74) is 1.91. The number of guanidine groups is 1. The molecule has 0 unspecified atom stereocenters. The van der Waals surface area contributed by atoms with Crippen LogP contribution in [0.15, 0.2) is 35.3 Å². The van der Waals surface area contributed by atoms with E-state index < -0.39 is 0 Å². The molecule has 108 valence electrons. The Morgan fingerprint density at radius 1 is 1.25 bits per heavy atom. The quantitative estimate of drug-likeness (QED) is 0.676. The van der Waals surface area contributed by atoms with Gasteiger partial charge in [-0.25, -0.2) is 4.99 Å². The maximum atomic E-state index is 4.82. The molecule has 0 atom stereocenters. The van der Waals surface area contributed by atoms with Gasteiger partial charge in [-0.05, 0) is 37.2 Å². The van der Waals surface area contributed by atoms with Crippen LogP contribution in [0.5, 0.6) is 0 Å². The molecular formula is C17H25N3. The lowest BCUT2D eigenvalue weighted by atomic mass is 9.68. The number of hydrogen-bond donors (Lipinski definition) is 1. The summed E-state index contributed by atoms with van der Waals surface area (Å²) in [7, 11) is 0. The zero-order chi connectivity index (χ0) is 13.8.